The molecule has 0 aliphatic carbocycles. The van der Waals surface area contributed by atoms with E-state index in [0.29, 0.717) is 6.04 Å². The number of hydrogen-bond acceptors (Lipinski definition) is 2. The molecule has 0 aromatic heterocycles. The number of hydrogen-bond donors (Lipinski definition) is 1. The standard InChI is InChI=1S/C18H24N2/c1-20(15-13-16-8-4-2-5-9-16)18(12-14-19)17-10-6-3-7-11-17/h2-11,18H,12-15,19H2,1H3. The van der Waals surface area contributed by atoms with Gasteiger partial charge in [0.1, 0.15) is 0 Å². The van der Waals surface area contributed by atoms with Gasteiger partial charge in [-0.3, -0.25) is 4.90 Å². The van der Waals surface area contributed by atoms with Gasteiger partial charge in [0.25, 0.3) is 0 Å². The van der Waals surface area contributed by atoms with Gasteiger partial charge in [0.2, 0.25) is 0 Å². The summed E-state index contributed by atoms with van der Waals surface area (Å²) in [5, 5.41) is 0. The van der Waals surface area contributed by atoms with Gasteiger partial charge < -0.3 is 5.73 Å². The number of benzene rings is 2. The van der Waals surface area contributed by atoms with Crippen LogP contribution in [0.4, 0.5) is 0 Å². The van der Waals surface area contributed by atoms with Crippen LogP contribution in [-0.2, 0) is 6.42 Å². The Morgan fingerprint density at radius 2 is 1.55 bits per heavy atom. The average Bonchev–Trinajstić information content (AvgIpc) is 2.52. The maximum absolute atomic E-state index is 5.79. The van der Waals surface area contributed by atoms with Gasteiger partial charge in [-0.05, 0) is 37.6 Å². The highest BCUT2D eigenvalue weighted by atomic mass is 15.1. The summed E-state index contributed by atoms with van der Waals surface area (Å²) in [6.07, 6.45) is 2.07. The summed E-state index contributed by atoms with van der Waals surface area (Å²) in [7, 11) is 2.19. The topological polar surface area (TPSA) is 29.3 Å². The molecule has 1 atom stereocenters. The fourth-order valence-electron chi connectivity index (χ4n) is 2.58. The molecule has 0 bridgehead atoms. The van der Waals surface area contributed by atoms with E-state index in [9.17, 15) is 0 Å². The van der Waals surface area contributed by atoms with Crippen LogP contribution in [0.25, 0.3) is 0 Å². The molecule has 0 spiro atoms. The predicted molar refractivity (Wildman–Crippen MR) is 85.6 cm³/mol. The lowest BCUT2D eigenvalue weighted by atomic mass is 10.0. The summed E-state index contributed by atoms with van der Waals surface area (Å²) in [5.41, 5.74) is 8.53. The SMILES string of the molecule is CN(CCc1ccccc1)C(CCN)c1ccccc1. The molecule has 2 N–H and O–H groups in total. The van der Waals surface area contributed by atoms with E-state index in [1.54, 1.807) is 0 Å². The summed E-state index contributed by atoms with van der Waals surface area (Å²) in [6, 6.07) is 21.7. The molecule has 20 heavy (non-hydrogen) atoms. The fourth-order valence-corrected chi connectivity index (χ4v) is 2.58. The predicted octanol–water partition coefficient (Wildman–Crippen LogP) is 3.25. The van der Waals surface area contributed by atoms with Crippen molar-refractivity contribution in [2.75, 3.05) is 20.1 Å². The molecular weight excluding hydrogens is 244 g/mol. The Morgan fingerprint density at radius 3 is 2.15 bits per heavy atom. The molecule has 2 nitrogen and oxygen atoms in total. The van der Waals surface area contributed by atoms with E-state index in [4.69, 9.17) is 5.73 Å². The summed E-state index contributed by atoms with van der Waals surface area (Å²) in [6.45, 7) is 1.76. The third kappa shape index (κ3) is 4.19. The zero-order valence-electron chi connectivity index (χ0n) is 12.2. The van der Waals surface area contributed by atoms with Gasteiger partial charge in [-0.1, -0.05) is 60.7 Å². The van der Waals surface area contributed by atoms with E-state index in [0.717, 1.165) is 25.9 Å². The first-order chi connectivity index (χ1) is 9.81. The molecule has 106 valence electrons. The van der Waals surface area contributed by atoms with Gasteiger partial charge in [-0.15, -0.1) is 0 Å². The lowest BCUT2D eigenvalue weighted by Crippen LogP contribution is -2.28. The zero-order valence-corrected chi connectivity index (χ0v) is 12.2. The van der Waals surface area contributed by atoms with Crippen molar-refractivity contribution in [3.05, 3.63) is 71.8 Å². The van der Waals surface area contributed by atoms with Crippen molar-refractivity contribution in [2.45, 2.75) is 18.9 Å². The molecule has 2 aromatic carbocycles. The largest absolute Gasteiger partial charge is 0.330 e. The summed E-state index contributed by atoms with van der Waals surface area (Å²) < 4.78 is 0. The first kappa shape index (κ1) is 14.8. The number of nitrogens with two attached hydrogens (primary N) is 1. The third-order valence-corrected chi connectivity index (χ3v) is 3.75. The van der Waals surface area contributed by atoms with Gasteiger partial charge in [-0.2, -0.15) is 0 Å². The maximum Gasteiger partial charge on any atom is 0.0357 e. The van der Waals surface area contributed by atoms with Crippen LogP contribution in [0.5, 0.6) is 0 Å². The van der Waals surface area contributed by atoms with Gasteiger partial charge in [0.05, 0.1) is 0 Å². The van der Waals surface area contributed by atoms with Crippen LogP contribution in [0, 0.1) is 0 Å². The van der Waals surface area contributed by atoms with Crippen molar-refractivity contribution in [2.24, 2.45) is 5.73 Å². The van der Waals surface area contributed by atoms with Crippen molar-refractivity contribution >= 4 is 0 Å². The number of rotatable bonds is 7. The quantitative estimate of drug-likeness (QED) is 0.835. The van der Waals surface area contributed by atoms with E-state index in [1.165, 1.54) is 11.1 Å². The maximum atomic E-state index is 5.79. The van der Waals surface area contributed by atoms with E-state index >= 15 is 0 Å². The minimum atomic E-state index is 0.407. The first-order valence-electron chi connectivity index (χ1n) is 7.30. The molecular formula is C18H24N2. The lowest BCUT2D eigenvalue weighted by Gasteiger charge is -2.28. The van der Waals surface area contributed by atoms with Gasteiger partial charge >= 0.3 is 0 Å². The van der Waals surface area contributed by atoms with Gasteiger partial charge in [-0.25, -0.2) is 0 Å². The molecule has 1 unspecified atom stereocenters. The van der Waals surface area contributed by atoms with Crippen molar-refractivity contribution < 1.29 is 0 Å². The molecule has 0 aliphatic rings. The Kier molecular flexibility index (Phi) is 5.78. The summed E-state index contributed by atoms with van der Waals surface area (Å²) >= 11 is 0. The second-order valence-electron chi connectivity index (χ2n) is 5.22. The molecule has 2 rings (SSSR count). The Bertz CT molecular complexity index is 481. The molecule has 0 heterocycles. The van der Waals surface area contributed by atoms with Crippen LogP contribution in [0.2, 0.25) is 0 Å². The molecule has 0 fully saturated rings. The van der Waals surface area contributed by atoms with E-state index in [2.05, 4.69) is 72.6 Å². The fraction of sp³-hybridized carbons (Fsp3) is 0.333. The Balaban J connectivity index is 1.99. The van der Waals surface area contributed by atoms with E-state index < -0.39 is 0 Å². The molecule has 0 saturated carbocycles. The van der Waals surface area contributed by atoms with Crippen LogP contribution in [0.3, 0.4) is 0 Å². The summed E-state index contributed by atoms with van der Waals surface area (Å²) in [4.78, 5) is 2.41. The second kappa shape index (κ2) is 7.83. The highest BCUT2D eigenvalue weighted by Gasteiger charge is 2.15. The van der Waals surface area contributed by atoms with Crippen LogP contribution >= 0.6 is 0 Å². The Hall–Kier alpha value is -1.64. The molecule has 2 aromatic rings. The van der Waals surface area contributed by atoms with E-state index in [1.807, 2.05) is 0 Å². The number of nitrogens with zero attached hydrogens (tertiary/aromatic N) is 1. The highest BCUT2D eigenvalue weighted by molar-refractivity contribution is 5.19. The van der Waals surface area contributed by atoms with Crippen molar-refractivity contribution in [1.29, 1.82) is 0 Å². The van der Waals surface area contributed by atoms with Crippen LogP contribution in [0.15, 0.2) is 60.7 Å². The lowest BCUT2D eigenvalue weighted by molar-refractivity contribution is 0.238. The average molecular weight is 268 g/mol. The van der Waals surface area contributed by atoms with Gasteiger partial charge in [0, 0.05) is 12.6 Å². The molecule has 0 amide bonds. The molecule has 2 heteroatoms. The summed E-state index contributed by atoms with van der Waals surface area (Å²) in [5.74, 6) is 0. The van der Waals surface area contributed by atoms with Crippen LogP contribution < -0.4 is 5.73 Å². The minimum Gasteiger partial charge on any atom is -0.330 e. The van der Waals surface area contributed by atoms with Crippen LogP contribution in [-0.4, -0.2) is 25.0 Å². The van der Waals surface area contributed by atoms with E-state index in [-0.39, 0.29) is 0 Å². The van der Waals surface area contributed by atoms with Crippen LogP contribution in [0.1, 0.15) is 23.6 Å². The third-order valence-electron chi connectivity index (χ3n) is 3.75. The first-order valence-corrected chi connectivity index (χ1v) is 7.30. The second-order valence-corrected chi connectivity index (χ2v) is 5.22. The van der Waals surface area contributed by atoms with Crippen molar-refractivity contribution in [3.63, 3.8) is 0 Å². The molecule has 0 radical (unpaired) electrons. The monoisotopic (exact) mass is 268 g/mol. The molecule has 0 saturated heterocycles. The Labute approximate surface area is 122 Å². The minimum absolute atomic E-state index is 0.407. The highest BCUT2D eigenvalue weighted by Crippen LogP contribution is 2.22. The Morgan fingerprint density at radius 1 is 0.950 bits per heavy atom. The molecule has 0 aliphatic heterocycles. The van der Waals surface area contributed by atoms with Gasteiger partial charge in [0.15, 0.2) is 0 Å². The zero-order chi connectivity index (χ0) is 14.2. The number of likely N-dealkylation sites (N-methyl/N-ethyl adjacent to an activating group) is 1. The smallest absolute Gasteiger partial charge is 0.0357 e. The normalized spacial score (nSPS) is 12.6. The van der Waals surface area contributed by atoms with Crippen molar-refractivity contribution in [1.82, 2.24) is 4.90 Å². The van der Waals surface area contributed by atoms with Crippen molar-refractivity contribution in [3.8, 4) is 0 Å².